The van der Waals surface area contributed by atoms with Crippen LogP contribution in [-0.2, 0) is 4.74 Å². The highest BCUT2D eigenvalue weighted by Crippen LogP contribution is 2.38. The molecular weight excluding hydrogens is 440 g/mol. The van der Waals surface area contributed by atoms with Crippen molar-refractivity contribution in [3.8, 4) is 11.5 Å². The SMILES string of the molecule is COc1cc2c(NC3CCN(C)CC3)cc(C3CCOCC3)nc2cc1OCCCN1CCCC1. The van der Waals surface area contributed by atoms with Crippen molar-refractivity contribution in [1.82, 2.24) is 14.8 Å². The molecule has 1 N–H and O–H groups in total. The van der Waals surface area contributed by atoms with E-state index in [-0.39, 0.29) is 0 Å². The molecule has 5 rings (SSSR count). The van der Waals surface area contributed by atoms with Crippen molar-refractivity contribution < 1.29 is 14.2 Å². The van der Waals surface area contributed by atoms with E-state index in [1.54, 1.807) is 7.11 Å². The predicted octanol–water partition coefficient (Wildman–Crippen LogP) is 4.51. The van der Waals surface area contributed by atoms with Crippen LogP contribution in [0.2, 0.25) is 0 Å². The monoisotopic (exact) mass is 482 g/mol. The lowest BCUT2D eigenvalue weighted by Gasteiger charge is -2.31. The fourth-order valence-electron chi connectivity index (χ4n) is 5.70. The summed E-state index contributed by atoms with van der Waals surface area (Å²) < 4.78 is 17.6. The number of methoxy groups -OCH3 is 1. The van der Waals surface area contributed by atoms with Gasteiger partial charge in [-0.2, -0.15) is 0 Å². The normalized spacial score (nSPS) is 21.0. The Hall–Kier alpha value is -2.09. The molecule has 0 spiro atoms. The van der Waals surface area contributed by atoms with Gasteiger partial charge in [0.15, 0.2) is 11.5 Å². The summed E-state index contributed by atoms with van der Waals surface area (Å²) in [5.74, 6) is 2.02. The highest BCUT2D eigenvalue weighted by molar-refractivity contribution is 5.94. The van der Waals surface area contributed by atoms with Gasteiger partial charge in [-0.25, -0.2) is 0 Å². The van der Waals surface area contributed by atoms with Gasteiger partial charge in [0.2, 0.25) is 0 Å². The van der Waals surface area contributed by atoms with Crippen molar-refractivity contribution in [2.24, 2.45) is 0 Å². The zero-order chi connectivity index (χ0) is 24.0. The Bertz CT molecular complexity index is 964. The number of fused-ring (bicyclic) bond motifs is 1. The molecule has 1 aromatic heterocycles. The van der Waals surface area contributed by atoms with Gasteiger partial charge >= 0.3 is 0 Å². The van der Waals surface area contributed by atoms with Crippen molar-refractivity contribution in [1.29, 1.82) is 0 Å². The fraction of sp³-hybridized carbons (Fsp3) is 0.679. The minimum Gasteiger partial charge on any atom is -0.493 e. The van der Waals surface area contributed by atoms with E-state index in [1.807, 2.05) is 0 Å². The van der Waals surface area contributed by atoms with Gasteiger partial charge < -0.3 is 29.3 Å². The quantitative estimate of drug-likeness (QED) is 0.528. The van der Waals surface area contributed by atoms with Crippen LogP contribution in [0.4, 0.5) is 5.69 Å². The number of ether oxygens (including phenoxy) is 3. The standard InChI is InChI=1S/C28H42N4O3/c1-31-13-6-22(7-14-31)29-25-19-24(21-8-16-34-17-9-21)30-26-20-28(27(33-2)18-23(25)26)35-15-5-12-32-10-3-4-11-32/h18-22H,3-17H2,1-2H3,(H,29,30). The summed E-state index contributed by atoms with van der Waals surface area (Å²) in [6.07, 6.45) is 8.05. The molecular formula is C28H42N4O3. The number of pyridine rings is 1. The Kier molecular flexibility index (Phi) is 8.27. The van der Waals surface area contributed by atoms with Gasteiger partial charge in [0.05, 0.1) is 19.2 Å². The lowest BCUT2D eigenvalue weighted by molar-refractivity contribution is 0.0846. The number of hydrogen-bond acceptors (Lipinski definition) is 7. The van der Waals surface area contributed by atoms with Crippen molar-refractivity contribution >= 4 is 16.6 Å². The summed E-state index contributed by atoms with van der Waals surface area (Å²) in [4.78, 5) is 10.1. The number of hydrogen-bond donors (Lipinski definition) is 1. The Morgan fingerprint density at radius 2 is 1.77 bits per heavy atom. The van der Waals surface area contributed by atoms with Crippen LogP contribution in [0.15, 0.2) is 18.2 Å². The fourth-order valence-corrected chi connectivity index (χ4v) is 5.70. The van der Waals surface area contributed by atoms with Crippen LogP contribution >= 0.6 is 0 Å². The molecule has 0 unspecified atom stereocenters. The second kappa shape index (κ2) is 11.8. The van der Waals surface area contributed by atoms with Gasteiger partial charge in [-0.05, 0) is 90.3 Å². The van der Waals surface area contributed by atoms with Gasteiger partial charge in [0.1, 0.15) is 0 Å². The molecule has 35 heavy (non-hydrogen) atoms. The lowest BCUT2D eigenvalue weighted by Crippen LogP contribution is -2.36. The molecule has 7 heteroatoms. The zero-order valence-corrected chi connectivity index (χ0v) is 21.6. The van der Waals surface area contributed by atoms with Crippen molar-refractivity contribution in [2.45, 2.75) is 56.9 Å². The molecule has 3 fully saturated rings. The number of benzene rings is 1. The summed E-state index contributed by atoms with van der Waals surface area (Å²) in [7, 11) is 3.94. The Balaban J connectivity index is 1.39. The highest BCUT2D eigenvalue weighted by atomic mass is 16.5. The first kappa shape index (κ1) is 24.6. The second-order valence-corrected chi connectivity index (χ2v) is 10.5. The van der Waals surface area contributed by atoms with Crippen LogP contribution in [-0.4, -0.2) is 87.5 Å². The van der Waals surface area contributed by atoms with Crippen LogP contribution in [0, 0.1) is 0 Å². The number of anilines is 1. The molecule has 4 heterocycles. The number of piperidine rings is 1. The molecule has 0 bridgehead atoms. The number of likely N-dealkylation sites (tertiary alicyclic amines) is 2. The number of aromatic nitrogens is 1. The van der Waals surface area contributed by atoms with E-state index in [2.05, 4.69) is 40.4 Å². The molecule has 0 saturated carbocycles. The molecule has 0 aliphatic carbocycles. The summed E-state index contributed by atoms with van der Waals surface area (Å²) in [6.45, 7) is 8.15. The van der Waals surface area contributed by atoms with E-state index in [4.69, 9.17) is 19.2 Å². The first-order valence-corrected chi connectivity index (χ1v) is 13.6. The maximum absolute atomic E-state index is 6.25. The predicted molar refractivity (Wildman–Crippen MR) is 141 cm³/mol. The van der Waals surface area contributed by atoms with E-state index < -0.39 is 0 Å². The maximum Gasteiger partial charge on any atom is 0.163 e. The van der Waals surface area contributed by atoms with Crippen LogP contribution in [0.1, 0.15) is 56.6 Å². The largest absolute Gasteiger partial charge is 0.493 e. The third kappa shape index (κ3) is 6.19. The molecule has 3 aliphatic rings. The minimum atomic E-state index is 0.443. The number of rotatable bonds is 9. The first-order chi connectivity index (χ1) is 17.2. The Morgan fingerprint density at radius 1 is 1.00 bits per heavy atom. The summed E-state index contributed by atoms with van der Waals surface area (Å²) in [5, 5.41) is 4.99. The van der Waals surface area contributed by atoms with Crippen LogP contribution < -0.4 is 14.8 Å². The average molecular weight is 483 g/mol. The topological polar surface area (TPSA) is 59.1 Å². The third-order valence-corrected chi connectivity index (χ3v) is 7.91. The second-order valence-electron chi connectivity index (χ2n) is 10.5. The first-order valence-electron chi connectivity index (χ1n) is 13.6. The average Bonchev–Trinajstić information content (AvgIpc) is 3.41. The smallest absolute Gasteiger partial charge is 0.163 e. The molecule has 192 valence electrons. The Labute approximate surface area is 210 Å². The van der Waals surface area contributed by atoms with Gasteiger partial charge in [0.25, 0.3) is 0 Å². The maximum atomic E-state index is 6.25. The highest BCUT2D eigenvalue weighted by Gasteiger charge is 2.23. The van der Waals surface area contributed by atoms with Gasteiger partial charge in [0, 0.05) is 54.6 Å². The minimum absolute atomic E-state index is 0.443. The molecule has 7 nitrogen and oxygen atoms in total. The van der Waals surface area contributed by atoms with Gasteiger partial charge in [-0.15, -0.1) is 0 Å². The van der Waals surface area contributed by atoms with Gasteiger partial charge in [-0.3, -0.25) is 4.98 Å². The van der Waals surface area contributed by atoms with Crippen molar-refractivity contribution in [3.63, 3.8) is 0 Å². The summed E-state index contributed by atoms with van der Waals surface area (Å²) in [5.41, 5.74) is 3.33. The van der Waals surface area contributed by atoms with E-state index in [9.17, 15) is 0 Å². The van der Waals surface area contributed by atoms with Crippen LogP contribution in [0.25, 0.3) is 10.9 Å². The van der Waals surface area contributed by atoms with Gasteiger partial charge in [-0.1, -0.05) is 0 Å². The lowest BCUT2D eigenvalue weighted by atomic mass is 9.94. The third-order valence-electron chi connectivity index (χ3n) is 7.91. The molecule has 1 aromatic carbocycles. The van der Waals surface area contributed by atoms with E-state index in [0.717, 1.165) is 87.4 Å². The summed E-state index contributed by atoms with van der Waals surface area (Å²) in [6, 6.07) is 6.97. The number of nitrogens with zero attached hydrogens (tertiary/aromatic N) is 3. The number of nitrogens with one attached hydrogen (secondary N) is 1. The van der Waals surface area contributed by atoms with E-state index >= 15 is 0 Å². The van der Waals surface area contributed by atoms with E-state index in [1.165, 1.54) is 37.3 Å². The molecule has 0 atom stereocenters. The van der Waals surface area contributed by atoms with Crippen LogP contribution in [0.5, 0.6) is 11.5 Å². The van der Waals surface area contributed by atoms with Crippen molar-refractivity contribution in [2.75, 3.05) is 72.0 Å². The molecule has 0 amide bonds. The van der Waals surface area contributed by atoms with Crippen molar-refractivity contribution in [3.05, 3.63) is 23.9 Å². The zero-order valence-electron chi connectivity index (χ0n) is 21.6. The summed E-state index contributed by atoms with van der Waals surface area (Å²) >= 11 is 0. The molecule has 3 saturated heterocycles. The Morgan fingerprint density at radius 3 is 2.51 bits per heavy atom. The van der Waals surface area contributed by atoms with Crippen LogP contribution in [0.3, 0.4) is 0 Å². The molecule has 0 radical (unpaired) electrons. The van der Waals surface area contributed by atoms with E-state index in [0.29, 0.717) is 18.6 Å². The molecule has 2 aromatic rings. The molecule has 3 aliphatic heterocycles.